The predicted molar refractivity (Wildman–Crippen MR) is 107 cm³/mol. The smallest absolute Gasteiger partial charge is 0.251 e. The standard InChI is InChI=1S/C19H25N3O4S/c1-6-16(27-19-21-13(11(2)3)10-17(23)22-19)18(24)20-14-9-12(25-4)7-8-15(14)26-5/h7-11,16H,6H2,1-5H3,(H,20,24)(H,21,22,23). The number of aromatic nitrogens is 2. The summed E-state index contributed by atoms with van der Waals surface area (Å²) in [5, 5.41) is 2.89. The third-order valence-electron chi connectivity index (χ3n) is 3.91. The molecule has 0 aliphatic rings. The Bertz CT molecular complexity index is 851. The number of H-pyrrole nitrogens is 1. The topological polar surface area (TPSA) is 93.3 Å². The molecule has 0 saturated carbocycles. The van der Waals surface area contributed by atoms with Crippen LogP contribution in [0, 0.1) is 0 Å². The van der Waals surface area contributed by atoms with Crippen molar-refractivity contribution in [1.29, 1.82) is 0 Å². The van der Waals surface area contributed by atoms with Gasteiger partial charge in [-0.3, -0.25) is 9.59 Å². The first kappa shape index (κ1) is 20.8. The van der Waals surface area contributed by atoms with E-state index in [1.165, 1.54) is 24.9 Å². The van der Waals surface area contributed by atoms with E-state index in [2.05, 4.69) is 15.3 Å². The van der Waals surface area contributed by atoms with Crippen LogP contribution in [0.5, 0.6) is 11.5 Å². The van der Waals surface area contributed by atoms with Gasteiger partial charge in [0.05, 0.1) is 30.9 Å². The van der Waals surface area contributed by atoms with Crippen molar-refractivity contribution in [3.05, 3.63) is 40.3 Å². The minimum atomic E-state index is -0.425. The van der Waals surface area contributed by atoms with Crippen LogP contribution >= 0.6 is 11.8 Å². The van der Waals surface area contributed by atoms with Gasteiger partial charge >= 0.3 is 0 Å². The van der Waals surface area contributed by atoms with Crippen LogP contribution in [0.4, 0.5) is 5.69 Å². The van der Waals surface area contributed by atoms with Crippen LogP contribution < -0.4 is 20.3 Å². The van der Waals surface area contributed by atoms with Crippen LogP contribution in [0.15, 0.2) is 34.2 Å². The van der Waals surface area contributed by atoms with Crippen molar-refractivity contribution in [3.63, 3.8) is 0 Å². The van der Waals surface area contributed by atoms with Crippen LogP contribution in [0.25, 0.3) is 0 Å². The van der Waals surface area contributed by atoms with Gasteiger partial charge in [-0.1, -0.05) is 32.5 Å². The summed E-state index contributed by atoms with van der Waals surface area (Å²) in [6, 6.07) is 6.67. The SMILES string of the molecule is CCC(Sc1nc(C(C)C)cc(=O)[nH]1)C(=O)Nc1cc(OC)ccc1OC. The zero-order valence-corrected chi connectivity index (χ0v) is 17.0. The predicted octanol–water partition coefficient (Wildman–Crippen LogP) is 3.42. The van der Waals surface area contributed by atoms with Crippen LogP contribution in [0.3, 0.4) is 0 Å². The highest BCUT2D eigenvalue weighted by atomic mass is 32.2. The summed E-state index contributed by atoms with van der Waals surface area (Å²) in [5.74, 6) is 1.08. The Morgan fingerprint density at radius 2 is 2.00 bits per heavy atom. The highest BCUT2D eigenvalue weighted by Crippen LogP contribution is 2.30. The Morgan fingerprint density at radius 1 is 1.26 bits per heavy atom. The summed E-state index contributed by atoms with van der Waals surface area (Å²) in [5.41, 5.74) is 1.00. The number of amides is 1. The van der Waals surface area contributed by atoms with E-state index < -0.39 is 5.25 Å². The van der Waals surface area contributed by atoms with Gasteiger partial charge in [0.15, 0.2) is 5.16 Å². The van der Waals surface area contributed by atoms with Gasteiger partial charge < -0.3 is 19.8 Å². The molecular formula is C19H25N3O4S. The Kier molecular flexibility index (Phi) is 7.29. The molecule has 2 N–H and O–H groups in total. The lowest BCUT2D eigenvalue weighted by Crippen LogP contribution is -2.25. The van der Waals surface area contributed by atoms with E-state index in [4.69, 9.17) is 9.47 Å². The molecule has 1 amide bonds. The quantitative estimate of drug-likeness (QED) is 0.529. The number of nitrogens with zero attached hydrogens (tertiary/aromatic N) is 1. The van der Waals surface area contributed by atoms with Crippen molar-refractivity contribution in [2.24, 2.45) is 0 Å². The number of carbonyl (C=O) groups is 1. The number of hydrogen-bond donors (Lipinski definition) is 2. The minimum Gasteiger partial charge on any atom is -0.497 e. The molecule has 7 nitrogen and oxygen atoms in total. The van der Waals surface area contributed by atoms with Crippen molar-refractivity contribution >= 4 is 23.4 Å². The molecule has 1 aromatic heterocycles. The van der Waals surface area contributed by atoms with Crippen LogP contribution in [-0.2, 0) is 4.79 Å². The second kappa shape index (κ2) is 9.45. The maximum absolute atomic E-state index is 12.8. The Labute approximate surface area is 162 Å². The molecule has 0 spiro atoms. The van der Waals surface area contributed by atoms with Gasteiger partial charge in [0.2, 0.25) is 5.91 Å². The lowest BCUT2D eigenvalue weighted by atomic mass is 10.1. The second-order valence-corrected chi connectivity index (χ2v) is 7.39. The number of hydrogen-bond acceptors (Lipinski definition) is 6. The average Bonchev–Trinajstić information content (AvgIpc) is 2.65. The Balaban J connectivity index is 2.21. The van der Waals surface area contributed by atoms with E-state index >= 15 is 0 Å². The lowest BCUT2D eigenvalue weighted by Gasteiger charge is -2.17. The third-order valence-corrected chi connectivity index (χ3v) is 5.16. The monoisotopic (exact) mass is 391 g/mol. The van der Waals surface area contributed by atoms with Gasteiger partial charge in [0.25, 0.3) is 5.56 Å². The lowest BCUT2D eigenvalue weighted by molar-refractivity contribution is -0.115. The van der Waals surface area contributed by atoms with Crippen LogP contribution in [0.2, 0.25) is 0 Å². The third kappa shape index (κ3) is 5.50. The van der Waals surface area contributed by atoms with Crippen molar-refractivity contribution < 1.29 is 14.3 Å². The maximum atomic E-state index is 12.8. The minimum absolute atomic E-state index is 0.126. The number of benzene rings is 1. The van der Waals surface area contributed by atoms with Crippen molar-refractivity contribution in [3.8, 4) is 11.5 Å². The first-order chi connectivity index (χ1) is 12.9. The molecule has 8 heteroatoms. The van der Waals surface area contributed by atoms with Crippen LogP contribution in [-0.4, -0.2) is 35.3 Å². The zero-order chi connectivity index (χ0) is 20.0. The molecule has 0 radical (unpaired) electrons. The van der Waals surface area contributed by atoms with E-state index in [0.29, 0.717) is 34.5 Å². The van der Waals surface area contributed by atoms with Gasteiger partial charge in [-0.2, -0.15) is 0 Å². The number of carbonyl (C=O) groups excluding carboxylic acids is 1. The molecule has 0 aliphatic heterocycles. The molecule has 0 aliphatic carbocycles. The highest BCUT2D eigenvalue weighted by Gasteiger charge is 2.21. The normalized spacial score (nSPS) is 11.9. The van der Waals surface area contributed by atoms with Gasteiger partial charge in [-0.25, -0.2) is 4.98 Å². The number of anilines is 1. The van der Waals surface area contributed by atoms with Crippen LogP contribution in [0.1, 0.15) is 38.8 Å². The van der Waals surface area contributed by atoms with E-state index in [-0.39, 0.29) is 17.4 Å². The van der Waals surface area contributed by atoms with E-state index in [1.54, 1.807) is 25.3 Å². The second-order valence-electron chi connectivity index (χ2n) is 6.20. The molecule has 2 rings (SSSR count). The number of methoxy groups -OCH3 is 2. The molecule has 1 unspecified atom stereocenters. The van der Waals surface area contributed by atoms with Gasteiger partial charge in [0, 0.05) is 12.1 Å². The summed E-state index contributed by atoms with van der Waals surface area (Å²) in [6.07, 6.45) is 0.568. The van der Waals surface area contributed by atoms with Crippen molar-refractivity contribution in [2.75, 3.05) is 19.5 Å². The zero-order valence-electron chi connectivity index (χ0n) is 16.2. The first-order valence-electron chi connectivity index (χ1n) is 8.68. The summed E-state index contributed by atoms with van der Waals surface area (Å²) in [6.45, 7) is 5.84. The fraction of sp³-hybridized carbons (Fsp3) is 0.421. The fourth-order valence-electron chi connectivity index (χ4n) is 2.39. The molecule has 1 atom stereocenters. The number of nitrogens with one attached hydrogen (secondary N) is 2. The van der Waals surface area contributed by atoms with Gasteiger partial charge in [0.1, 0.15) is 11.5 Å². The molecular weight excluding hydrogens is 366 g/mol. The van der Waals surface area contributed by atoms with Crippen molar-refractivity contribution in [2.45, 2.75) is 43.5 Å². The molecule has 0 fully saturated rings. The van der Waals surface area contributed by atoms with E-state index in [9.17, 15) is 9.59 Å². The molecule has 0 saturated heterocycles. The highest BCUT2D eigenvalue weighted by molar-refractivity contribution is 8.00. The van der Waals surface area contributed by atoms with Gasteiger partial charge in [-0.05, 0) is 24.5 Å². The number of aromatic amines is 1. The molecule has 1 heterocycles. The Hall–Kier alpha value is -2.48. The largest absolute Gasteiger partial charge is 0.497 e. The Morgan fingerprint density at radius 3 is 2.59 bits per heavy atom. The first-order valence-corrected chi connectivity index (χ1v) is 9.56. The molecule has 2 aromatic rings. The summed E-state index contributed by atoms with van der Waals surface area (Å²) < 4.78 is 10.5. The van der Waals surface area contributed by atoms with E-state index in [0.717, 1.165) is 0 Å². The van der Waals surface area contributed by atoms with E-state index in [1.807, 2.05) is 20.8 Å². The number of thioether (sulfide) groups is 1. The molecule has 0 bridgehead atoms. The fourth-order valence-corrected chi connectivity index (χ4v) is 3.31. The number of rotatable bonds is 8. The molecule has 27 heavy (non-hydrogen) atoms. The van der Waals surface area contributed by atoms with Gasteiger partial charge in [-0.15, -0.1) is 0 Å². The number of ether oxygens (including phenoxy) is 2. The average molecular weight is 391 g/mol. The maximum Gasteiger partial charge on any atom is 0.251 e. The summed E-state index contributed by atoms with van der Waals surface area (Å²) in [4.78, 5) is 31.8. The summed E-state index contributed by atoms with van der Waals surface area (Å²) >= 11 is 1.23. The molecule has 1 aromatic carbocycles. The summed E-state index contributed by atoms with van der Waals surface area (Å²) in [7, 11) is 3.09. The van der Waals surface area contributed by atoms with Crippen molar-refractivity contribution in [1.82, 2.24) is 9.97 Å². The molecule has 146 valence electrons.